The minimum atomic E-state index is -0.582. The third kappa shape index (κ3) is 3.99. The first-order chi connectivity index (χ1) is 15.5. The first-order valence-electron chi connectivity index (χ1n) is 10.4. The molecule has 1 saturated carbocycles. The minimum absolute atomic E-state index is 0.215. The standard InChI is InChI=1S/C24H25N5O3/c1-26-23-20(22(25)30)21(28-29(23)17-6-5-7-17)16-12-10-15(11-13-16)14-27-24(31)18-8-3-4-9-19(18)32-2/h3-4,8-13,17H,1,5-7,14H2,2H3,(H2,25,30)(H,27,31). The van der Waals surface area contributed by atoms with Gasteiger partial charge in [0.05, 0.1) is 18.7 Å². The number of ether oxygens (including phenoxy) is 1. The summed E-state index contributed by atoms with van der Waals surface area (Å²) in [6, 6.07) is 14.8. The Morgan fingerprint density at radius 1 is 1.22 bits per heavy atom. The maximum atomic E-state index is 12.5. The molecule has 0 bridgehead atoms. The molecule has 3 N–H and O–H groups in total. The molecule has 1 heterocycles. The van der Waals surface area contributed by atoms with Crippen molar-refractivity contribution in [1.82, 2.24) is 15.1 Å². The van der Waals surface area contributed by atoms with Crippen molar-refractivity contribution in [3.05, 3.63) is 65.2 Å². The van der Waals surface area contributed by atoms with Gasteiger partial charge in [-0.05, 0) is 43.7 Å². The molecule has 0 spiro atoms. The number of carbonyl (C=O) groups excluding carboxylic acids is 2. The summed E-state index contributed by atoms with van der Waals surface area (Å²) >= 11 is 0. The van der Waals surface area contributed by atoms with Crippen molar-refractivity contribution in [2.75, 3.05) is 7.11 Å². The molecule has 1 aliphatic rings. The first-order valence-corrected chi connectivity index (χ1v) is 10.4. The second-order valence-corrected chi connectivity index (χ2v) is 7.68. The Kier molecular flexibility index (Phi) is 6.02. The molecule has 0 saturated heterocycles. The number of aliphatic imine (C=N–C) groups is 1. The fourth-order valence-electron chi connectivity index (χ4n) is 3.78. The lowest BCUT2D eigenvalue weighted by molar-refractivity contribution is 0.0946. The highest BCUT2D eigenvalue weighted by atomic mass is 16.5. The van der Waals surface area contributed by atoms with E-state index in [9.17, 15) is 9.59 Å². The third-order valence-corrected chi connectivity index (χ3v) is 5.73. The minimum Gasteiger partial charge on any atom is -0.496 e. The lowest BCUT2D eigenvalue weighted by Gasteiger charge is -2.26. The molecule has 1 fully saturated rings. The summed E-state index contributed by atoms with van der Waals surface area (Å²) in [5.41, 5.74) is 8.56. The SMILES string of the molecule is C=Nc1c(C(N)=O)c(-c2ccc(CNC(=O)c3ccccc3OC)cc2)nn1C1CCC1. The van der Waals surface area contributed by atoms with Crippen molar-refractivity contribution < 1.29 is 14.3 Å². The molecule has 32 heavy (non-hydrogen) atoms. The zero-order valence-corrected chi connectivity index (χ0v) is 17.9. The Labute approximate surface area is 186 Å². The van der Waals surface area contributed by atoms with E-state index in [0.717, 1.165) is 30.4 Å². The zero-order valence-electron chi connectivity index (χ0n) is 17.9. The van der Waals surface area contributed by atoms with E-state index in [1.807, 2.05) is 30.3 Å². The van der Waals surface area contributed by atoms with Crippen LogP contribution in [0.3, 0.4) is 0 Å². The van der Waals surface area contributed by atoms with E-state index in [1.165, 1.54) is 7.11 Å². The van der Waals surface area contributed by atoms with E-state index in [1.54, 1.807) is 22.9 Å². The Morgan fingerprint density at radius 3 is 2.53 bits per heavy atom. The molecule has 0 atom stereocenters. The number of rotatable bonds is 8. The van der Waals surface area contributed by atoms with E-state index in [4.69, 9.17) is 10.5 Å². The molecule has 1 aromatic heterocycles. The maximum Gasteiger partial charge on any atom is 0.255 e. The molecule has 8 heteroatoms. The second kappa shape index (κ2) is 9.05. The summed E-state index contributed by atoms with van der Waals surface area (Å²) in [7, 11) is 1.53. The number of primary amides is 1. The van der Waals surface area contributed by atoms with Gasteiger partial charge in [0.2, 0.25) is 0 Å². The average molecular weight is 431 g/mol. The number of benzene rings is 2. The van der Waals surface area contributed by atoms with Crippen molar-refractivity contribution in [3.8, 4) is 17.0 Å². The van der Waals surface area contributed by atoms with Gasteiger partial charge in [-0.3, -0.25) is 9.59 Å². The number of amides is 2. The summed E-state index contributed by atoms with van der Waals surface area (Å²) in [4.78, 5) is 28.7. The summed E-state index contributed by atoms with van der Waals surface area (Å²) in [5.74, 6) is 0.142. The van der Waals surface area contributed by atoms with Gasteiger partial charge in [-0.15, -0.1) is 0 Å². The van der Waals surface area contributed by atoms with Crippen LogP contribution in [-0.2, 0) is 6.54 Å². The summed E-state index contributed by atoms with van der Waals surface area (Å²) in [6.07, 6.45) is 3.11. The van der Waals surface area contributed by atoms with Crippen LogP contribution >= 0.6 is 0 Å². The number of hydrogen-bond acceptors (Lipinski definition) is 5. The van der Waals surface area contributed by atoms with Crippen LogP contribution in [0, 0.1) is 0 Å². The smallest absolute Gasteiger partial charge is 0.255 e. The molecule has 2 amide bonds. The van der Waals surface area contributed by atoms with Crippen LogP contribution in [0.4, 0.5) is 5.82 Å². The fourth-order valence-corrected chi connectivity index (χ4v) is 3.78. The average Bonchev–Trinajstić information content (AvgIpc) is 3.15. The van der Waals surface area contributed by atoms with Crippen molar-refractivity contribution in [1.29, 1.82) is 0 Å². The number of hydrogen-bond donors (Lipinski definition) is 2. The number of methoxy groups -OCH3 is 1. The van der Waals surface area contributed by atoms with Gasteiger partial charge in [0.1, 0.15) is 17.0 Å². The molecular weight excluding hydrogens is 406 g/mol. The quantitative estimate of drug-likeness (QED) is 0.530. The maximum absolute atomic E-state index is 12.5. The van der Waals surface area contributed by atoms with Crippen LogP contribution in [0.2, 0.25) is 0 Å². The Morgan fingerprint density at radius 2 is 1.94 bits per heavy atom. The second-order valence-electron chi connectivity index (χ2n) is 7.68. The Bertz CT molecular complexity index is 1160. The summed E-state index contributed by atoms with van der Waals surface area (Å²) < 4.78 is 7.02. The molecule has 3 aromatic rings. The monoisotopic (exact) mass is 431 g/mol. The highest BCUT2D eigenvalue weighted by molar-refractivity contribution is 6.03. The van der Waals surface area contributed by atoms with Crippen LogP contribution < -0.4 is 15.8 Å². The van der Waals surface area contributed by atoms with Crippen LogP contribution in [0.5, 0.6) is 5.75 Å². The summed E-state index contributed by atoms with van der Waals surface area (Å²) in [6.45, 7) is 3.95. The van der Waals surface area contributed by atoms with Gasteiger partial charge in [0, 0.05) is 12.1 Å². The molecule has 1 aliphatic carbocycles. The number of carbonyl (C=O) groups is 2. The van der Waals surface area contributed by atoms with Crippen molar-refractivity contribution in [3.63, 3.8) is 0 Å². The van der Waals surface area contributed by atoms with Crippen molar-refractivity contribution in [2.45, 2.75) is 31.8 Å². The number of aromatic nitrogens is 2. The van der Waals surface area contributed by atoms with Gasteiger partial charge in [-0.25, -0.2) is 9.67 Å². The molecule has 0 radical (unpaired) electrons. The van der Waals surface area contributed by atoms with Gasteiger partial charge in [-0.1, -0.05) is 36.4 Å². The molecule has 0 unspecified atom stereocenters. The van der Waals surface area contributed by atoms with E-state index >= 15 is 0 Å². The largest absolute Gasteiger partial charge is 0.496 e. The zero-order chi connectivity index (χ0) is 22.7. The van der Waals surface area contributed by atoms with Gasteiger partial charge in [-0.2, -0.15) is 5.10 Å². The molecular formula is C24H25N5O3. The fraction of sp³-hybridized carbons (Fsp3) is 0.250. The van der Waals surface area contributed by atoms with Gasteiger partial charge in [0.15, 0.2) is 5.82 Å². The molecule has 8 nitrogen and oxygen atoms in total. The number of para-hydroxylation sites is 1. The van der Waals surface area contributed by atoms with Gasteiger partial charge < -0.3 is 15.8 Å². The van der Waals surface area contributed by atoms with Crippen LogP contribution in [0.15, 0.2) is 53.5 Å². The number of nitrogens with one attached hydrogen (secondary N) is 1. The lowest BCUT2D eigenvalue weighted by atomic mass is 9.93. The molecule has 0 aliphatic heterocycles. The van der Waals surface area contributed by atoms with E-state index < -0.39 is 5.91 Å². The van der Waals surface area contributed by atoms with Gasteiger partial charge >= 0.3 is 0 Å². The lowest BCUT2D eigenvalue weighted by Crippen LogP contribution is -2.23. The summed E-state index contributed by atoms with van der Waals surface area (Å²) in [5, 5.41) is 7.55. The van der Waals surface area contributed by atoms with E-state index in [2.05, 4.69) is 22.1 Å². The third-order valence-electron chi connectivity index (χ3n) is 5.73. The number of nitrogens with two attached hydrogens (primary N) is 1. The highest BCUT2D eigenvalue weighted by Crippen LogP contribution is 2.39. The molecule has 164 valence electrons. The van der Waals surface area contributed by atoms with Crippen LogP contribution in [-0.4, -0.2) is 35.4 Å². The molecule has 2 aromatic carbocycles. The van der Waals surface area contributed by atoms with Crippen LogP contribution in [0.1, 0.15) is 51.6 Å². The van der Waals surface area contributed by atoms with E-state index in [-0.39, 0.29) is 17.5 Å². The highest BCUT2D eigenvalue weighted by Gasteiger charge is 2.29. The predicted octanol–water partition coefficient (Wildman–Crippen LogP) is 3.64. The number of nitrogens with zero attached hydrogens (tertiary/aromatic N) is 3. The van der Waals surface area contributed by atoms with Crippen LogP contribution in [0.25, 0.3) is 11.3 Å². The Hall–Kier alpha value is -3.94. The van der Waals surface area contributed by atoms with Crippen molar-refractivity contribution in [2.24, 2.45) is 10.7 Å². The Balaban J connectivity index is 1.54. The van der Waals surface area contributed by atoms with Gasteiger partial charge in [0.25, 0.3) is 11.8 Å². The topological polar surface area (TPSA) is 112 Å². The molecule has 4 rings (SSSR count). The predicted molar refractivity (Wildman–Crippen MR) is 122 cm³/mol. The first kappa shape index (κ1) is 21.3. The normalized spacial score (nSPS) is 13.3. The van der Waals surface area contributed by atoms with E-state index in [0.29, 0.717) is 29.4 Å². The van der Waals surface area contributed by atoms with Crippen molar-refractivity contribution >= 4 is 24.3 Å².